The Morgan fingerprint density at radius 2 is 1.83 bits per heavy atom. The van der Waals surface area contributed by atoms with Crippen molar-refractivity contribution in [2.75, 3.05) is 12.4 Å². The van der Waals surface area contributed by atoms with Gasteiger partial charge in [0.2, 0.25) is 0 Å². The van der Waals surface area contributed by atoms with Gasteiger partial charge in [-0.25, -0.2) is 0 Å². The first-order valence-electron chi connectivity index (χ1n) is 6.99. The third-order valence-corrected chi connectivity index (χ3v) is 4.20. The number of carbonyl (C=O) groups excluding carboxylic acids is 1. The van der Waals surface area contributed by atoms with Crippen LogP contribution in [0.4, 0.5) is 5.69 Å². The van der Waals surface area contributed by atoms with Crippen LogP contribution in [-0.4, -0.2) is 19.1 Å². The van der Waals surface area contributed by atoms with E-state index >= 15 is 0 Å². The van der Waals surface area contributed by atoms with Crippen LogP contribution in [-0.2, 0) is 4.79 Å². The summed E-state index contributed by atoms with van der Waals surface area (Å²) in [7, 11) is 1.54. The molecule has 23 heavy (non-hydrogen) atoms. The van der Waals surface area contributed by atoms with Gasteiger partial charge in [-0.05, 0) is 43.7 Å². The summed E-state index contributed by atoms with van der Waals surface area (Å²) in [6.45, 7) is 3.43. The van der Waals surface area contributed by atoms with E-state index in [1.165, 1.54) is 0 Å². The highest BCUT2D eigenvalue weighted by Crippen LogP contribution is 2.33. The smallest absolute Gasteiger partial charge is 0.265 e. The first-order valence-corrected chi connectivity index (χ1v) is 7.74. The van der Waals surface area contributed by atoms with Crippen LogP contribution in [0.2, 0.25) is 10.0 Å². The average molecular weight is 354 g/mol. The molecule has 0 aliphatic rings. The standard InChI is InChI=1S/C17H17Cl2NO3/c1-10-12(18)8-9-15(16(10)19)23-11(2)17(21)20-13-6-4-5-7-14(13)22-3/h4-9,11H,1-3H3,(H,20,21). The van der Waals surface area contributed by atoms with Crippen LogP contribution in [0, 0.1) is 6.92 Å². The Bertz CT molecular complexity index is 719. The molecule has 0 radical (unpaired) electrons. The highest BCUT2D eigenvalue weighted by atomic mass is 35.5. The first kappa shape index (κ1) is 17.4. The fourth-order valence-corrected chi connectivity index (χ4v) is 2.37. The summed E-state index contributed by atoms with van der Waals surface area (Å²) in [4.78, 5) is 12.3. The van der Waals surface area contributed by atoms with E-state index in [-0.39, 0.29) is 5.91 Å². The molecule has 0 aliphatic carbocycles. The molecule has 0 heterocycles. The Morgan fingerprint density at radius 1 is 1.13 bits per heavy atom. The minimum Gasteiger partial charge on any atom is -0.495 e. The molecule has 0 spiro atoms. The minimum absolute atomic E-state index is 0.307. The lowest BCUT2D eigenvalue weighted by Gasteiger charge is -2.17. The fraction of sp³-hybridized carbons (Fsp3) is 0.235. The Kier molecular flexibility index (Phi) is 5.74. The van der Waals surface area contributed by atoms with Crippen molar-refractivity contribution < 1.29 is 14.3 Å². The summed E-state index contributed by atoms with van der Waals surface area (Å²) < 4.78 is 10.8. The van der Waals surface area contributed by atoms with Gasteiger partial charge in [-0.1, -0.05) is 35.3 Å². The largest absolute Gasteiger partial charge is 0.495 e. The van der Waals surface area contributed by atoms with Gasteiger partial charge >= 0.3 is 0 Å². The minimum atomic E-state index is -0.738. The van der Waals surface area contributed by atoms with Crippen molar-refractivity contribution in [2.24, 2.45) is 0 Å². The van der Waals surface area contributed by atoms with E-state index in [1.807, 2.05) is 12.1 Å². The summed E-state index contributed by atoms with van der Waals surface area (Å²) in [5, 5.41) is 3.72. The van der Waals surface area contributed by atoms with Gasteiger partial charge in [0.05, 0.1) is 17.8 Å². The van der Waals surface area contributed by atoms with Crippen molar-refractivity contribution in [3.05, 3.63) is 52.0 Å². The van der Waals surface area contributed by atoms with Crippen LogP contribution >= 0.6 is 23.2 Å². The summed E-state index contributed by atoms with van der Waals surface area (Å²) >= 11 is 12.2. The third-order valence-electron chi connectivity index (χ3n) is 3.32. The van der Waals surface area contributed by atoms with Crippen molar-refractivity contribution in [2.45, 2.75) is 20.0 Å². The van der Waals surface area contributed by atoms with Gasteiger partial charge in [0, 0.05) is 5.02 Å². The molecule has 6 heteroatoms. The van der Waals surface area contributed by atoms with E-state index in [4.69, 9.17) is 32.7 Å². The van der Waals surface area contributed by atoms with Crippen molar-refractivity contribution in [3.63, 3.8) is 0 Å². The lowest BCUT2D eigenvalue weighted by Crippen LogP contribution is -2.30. The number of para-hydroxylation sites is 2. The van der Waals surface area contributed by atoms with Gasteiger partial charge in [-0.3, -0.25) is 4.79 Å². The number of methoxy groups -OCH3 is 1. The van der Waals surface area contributed by atoms with E-state index in [9.17, 15) is 4.79 Å². The van der Waals surface area contributed by atoms with Gasteiger partial charge in [-0.15, -0.1) is 0 Å². The lowest BCUT2D eigenvalue weighted by molar-refractivity contribution is -0.122. The molecule has 0 fully saturated rings. The second kappa shape index (κ2) is 7.57. The number of halogens is 2. The van der Waals surface area contributed by atoms with Gasteiger partial charge in [0.1, 0.15) is 11.5 Å². The van der Waals surface area contributed by atoms with Crippen LogP contribution in [0.3, 0.4) is 0 Å². The second-order valence-corrected chi connectivity index (χ2v) is 5.72. The third kappa shape index (κ3) is 4.09. The van der Waals surface area contributed by atoms with Crippen LogP contribution < -0.4 is 14.8 Å². The van der Waals surface area contributed by atoms with Crippen molar-refractivity contribution >= 4 is 34.8 Å². The maximum absolute atomic E-state index is 12.3. The number of benzene rings is 2. The molecule has 122 valence electrons. The topological polar surface area (TPSA) is 47.6 Å². The Morgan fingerprint density at radius 3 is 2.52 bits per heavy atom. The molecule has 2 aromatic carbocycles. The molecule has 0 saturated heterocycles. The normalized spacial score (nSPS) is 11.7. The summed E-state index contributed by atoms with van der Waals surface area (Å²) in [5.74, 6) is 0.683. The van der Waals surface area contributed by atoms with E-state index < -0.39 is 6.10 Å². The predicted octanol–water partition coefficient (Wildman–Crippen LogP) is 4.72. The molecule has 0 saturated carbocycles. The zero-order valence-electron chi connectivity index (χ0n) is 13.0. The first-order chi connectivity index (χ1) is 10.9. The van der Waals surface area contributed by atoms with E-state index in [1.54, 1.807) is 45.2 Å². The Hall–Kier alpha value is -1.91. The molecule has 1 atom stereocenters. The molecular weight excluding hydrogens is 337 g/mol. The molecule has 0 aromatic heterocycles. The number of ether oxygens (including phenoxy) is 2. The summed E-state index contributed by atoms with van der Waals surface area (Å²) in [6.07, 6.45) is -0.738. The monoisotopic (exact) mass is 353 g/mol. The molecule has 1 N–H and O–H groups in total. The molecule has 0 aliphatic heterocycles. The van der Waals surface area contributed by atoms with Crippen LogP contribution in [0.15, 0.2) is 36.4 Å². The zero-order chi connectivity index (χ0) is 17.0. The SMILES string of the molecule is COc1ccccc1NC(=O)C(C)Oc1ccc(Cl)c(C)c1Cl. The average Bonchev–Trinajstić information content (AvgIpc) is 2.55. The highest BCUT2D eigenvalue weighted by molar-refractivity contribution is 6.36. The van der Waals surface area contributed by atoms with Crippen molar-refractivity contribution in [1.29, 1.82) is 0 Å². The van der Waals surface area contributed by atoms with E-state index in [0.717, 1.165) is 0 Å². The number of hydrogen-bond donors (Lipinski definition) is 1. The molecule has 1 unspecified atom stereocenters. The Balaban J connectivity index is 2.10. The highest BCUT2D eigenvalue weighted by Gasteiger charge is 2.18. The van der Waals surface area contributed by atoms with E-state index in [0.29, 0.717) is 32.8 Å². The number of hydrogen-bond acceptors (Lipinski definition) is 3. The number of anilines is 1. The molecule has 1 amide bonds. The van der Waals surface area contributed by atoms with Gasteiger partial charge in [0.15, 0.2) is 6.10 Å². The Labute approximate surface area is 145 Å². The summed E-state index contributed by atoms with van der Waals surface area (Å²) in [5.41, 5.74) is 1.29. The van der Waals surface area contributed by atoms with Crippen LogP contribution in [0.5, 0.6) is 11.5 Å². The van der Waals surface area contributed by atoms with Crippen molar-refractivity contribution in [1.82, 2.24) is 0 Å². The maximum atomic E-state index is 12.3. The van der Waals surface area contributed by atoms with Crippen LogP contribution in [0.25, 0.3) is 0 Å². The fourth-order valence-electron chi connectivity index (χ4n) is 1.95. The summed E-state index contributed by atoms with van der Waals surface area (Å²) in [6, 6.07) is 10.5. The molecule has 4 nitrogen and oxygen atoms in total. The molecule has 2 aromatic rings. The van der Waals surface area contributed by atoms with Crippen molar-refractivity contribution in [3.8, 4) is 11.5 Å². The second-order valence-electron chi connectivity index (χ2n) is 4.93. The molecule has 2 rings (SSSR count). The van der Waals surface area contributed by atoms with Gasteiger partial charge in [0.25, 0.3) is 5.91 Å². The maximum Gasteiger partial charge on any atom is 0.265 e. The zero-order valence-corrected chi connectivity index (χ0v) is 14.5. The van der Waals surface area contributed by atoms with Gasteiger partial charge in [-0.2, -0.15) is 0 Å². The van der Waals surface area contributed by atoms with E-state index in [2.05, 4.69) is 5.32 Å². The quantitative estimate of drug-likeness (QED) is 0.845. The number of nitrogens with one attached hydrogen (secondary N) is 1. The van der Waals surface area contributed by atoms with Gasteiger partial charge < -0.3 is 14.8 Å². The lowest BCUT2D eigenvalue weighted by atomic mass is 10.2. The predicted molar refractivity (Wildman–Crippen MR) is 92.9 cm³/mol. The molecule has 0 bridgehead atoms. The number of amides is 1. The van der Waals surface area contributed by atoms with Crippen LogP contribution in [0.1, 0.15) is 12.5 Å². The number of carbonyl (C=O) groups is 1. The number of rotatable bonds is 5. The molecular formula is C17H17Cl2NO3.